The molecule has 0 unspecified atom stereocenters. The van der Waals surface area contributed by atoms with E-state index < -0.39 is 12.0 Å². The van der Waals surface area contributed by atoms with Crippen molar-refractivity contribution in [3.05, 3.63) is 17.0 Å². The van der Waals surface area contributed by atoms with E-state index in [-0.39, 0.29) is 18.1 Å². The highest BCUT2D eigenvalue weighted by Gasteiger charge is 2.16. The lowest BCUT2D eigenvalue weighted by Crippen LogP contribution is -2.31. The summed E-state index contributed by atoms with van der Waals surface area (Å²) < 4.78 is 4.58. The third kappa shape index (κ3) is 3.87. The van der Waals surface area contributed by atoms with Crippen LogP contribution in [0.1, 0.15) is 24.2 Å². The molecule has 0 saturated heterocycles. The zero-order chi connectivity index (χ0) is 12.8. The van der Waals surface area contributed by atoms with E-state index in [0.29, 0.717) is 5.00 Å². The van der Waals surface area contributed by atoms with Gasteiger partial charge in [-0.05, 0) is 18.4 Å². The largest absolute Gasteiger partial charge is 0.450 e. The maximum atomic E-state index is 11.6. The topological polar surface area (TPSA) is 84.5 Å². The molecule has 7 heteroatoms. The van der Waals surface area contributed by atoms with E-state index >= 15 is 0 Å². The summed E-state index contributed by atoms with van der Waals surface area (Å²) in [6.07, 6.45) is -0.808. The van der Waals surface area contributed by atoms with Crippen LogP contribution in [0, 0.1) is 0 Å². The molecule has 2 N–H and O–H groups in total. The van der Waals surface area contributed by atoms with Crippen molar-refractivity contribution in [1.82, 2.24) is 5.32 Å². The van der Waals surface area contributed by atoms with Crippen LogP contribution in [0.25, 0.3) is 0 Å². The van der Waals surface area contributed by atoms with Crippen molar-refractivity contribution in [2.45, 2.75) is 13.8 Å². The molecule has 1 heterocycles. The zero-order valence-electron chi connectivity index (χ0n) is 9.40. The second-order valence-electron chi connectivity index (χ2n) is 3.02. The highest BCUT2D eigenvalue weighted by atomic mass is 32.1. The van der Waals surface area contributed by atoms with Gasteiger partial charge in [-0.2, -0.15) is 0 Å². The lowest BCUT2D eigenvalue weighted by molar-refractivity contribution is -0.114. The monoisotopic (exact) mass is 256 g/mol. The minimum absolute atomic E-state index is 0.182. The van der Waals surface area contributed by atoms with E-state index in [1.165, 1.54) is 24.3 Å². The molecule has 3 amide bonds. The van der Waals surface area contributed by atoms with Crippen LogP contribution in [0.2, 0.25) is 0 Å². The van der Waals surface area contributed by atoms with E-state index in [4.69, 9.17) is 0 Å². The number of alkyl carbamates (subject to hydrolysis) is 1. The third-order valence-electron chi connectivity index (χ3n) is 1.69. The highest BCUT2D eigenvalue weighted by Crippen LogP contribution is 2.22. The number of ether oxygens (including phenoxy) is 1. The smallest absolute Gasteiger partial charge is 0.414 e. The van der Waals surface area contributed by atoms with Crippen molar-refractivity contribution >= 4 is 34.2 Å². The van der Waals surface area contributed by atoms with Gasteiger partial charge in [-0.25, -0.2) is 4.79 Å². The molecule has 17 heavy (non-hydrogen) atoms. The second kappa shape index (κ2) is 6.00. The number of anilines is 1. The maximum Gasteiger partial charge on any atom is 0.414 e. The minimum Gasteiger partial charge on any atom is -0.450 e. The van der Waals surface area contributed by atoms with E-state index in [2.05, 4.69) is 15.4 Å². The van der Waals surface area contributed by atoms with Gasteiger partial charge in [0, 0.05) is 6.92 Å². The number of hydrogen-bond donors (Lipinski definition) is 2. The van der Waals surface area contributed by atoms with Gasteiger partial charge in [-0.1, -0.05) is 0 Å². The van der Waals surface area contributed by atoms with Gasteiger partial charge in [-0.15, -0.1) is 11.3 Å². The fourth-order valence-electron chi connectivity index (χ4n) is 1.07. The van der Waals surface area contributed by atoms with E-state index in [0.717, 1.165) is 0 Å². The number of rotatable bonds is 3. The molecule has 0 radical (unpaired) electrons. The quantitative estimate of drug-likeness (QED) is 0.860. The van der Waals surface area contributed by atoms with Gasteiger partial charge in [0.1, 0.15) is 5.00 Å². The second-order valence-corrected chi connectivity index (χ2v) is 3.94. The van der Waals surface area contributed by atoms with Crippen molar-refractivity contribution in [2.24, 2.45) is 0 Å². The molecule has 0 saturated carbocycles. The number of nitrogens with one attached hydrogen (secondary N) is 2. The Kier molecular flexibility index (Phi) is 4.65. The maximum absolute atomic E-state index is 11.6. The van der Waals surface area contributed by atoms with Gasteiger partial charge >= 0.3 is 6.09 Å². The molecule has 0 aromatic carbocycles. The summed E-state index contributed by atoms with van der Waals surface area (Å²) in [5, 5.41) is 6.60. The van der Waals surface area contributed by atoms with Gasteiger partial charge in [-0.3, -0.25) is 14.9 Å². The summed E-state index contributed by atoms with van der Waals surface area (Å²) in [6.45, 7) is 3.16. The Morgan fingerprint density at radius 3 is 2.71 bits per heavy atom. The molecule has 1 aromatic rings. The summed E-state index contributed by atoms with van der Waals surface area (Å²) in [4.78, 5) is 33.6. The molecule has 0 atom stereocenters. The van der Waals surface area contributed by atoms with Crippen LogP contribution in [-0.4, -0.2) is 24.5 Å². The Labute approximate surface area is 102 Å². The van der Waals surface area contributed by atoms with Crippen LogP contribution in [0.5, 0.6) is 0 Å². The lowest BCUT2D eigenvalue weighted by Gasteiger charge is -2.05. The van der Waals surface area contributed by atoms with Gasteiger partial charge in [0.15, 0.2) is 0 Å². The Balaban J connectivity index is 2.72. The Morgan fingerprint density at radius 2 is 2.12 bits per heavy atom. The molecule has 6 nitrogen and oxygen atoms in total. The van der Waals surface area contributed by atoms with Crippen LogP contribution in [-0.2, 0) is 9.53 Å². The number of thiophene rings is 1. The summed E-state index contributed by atoms with van der Waals surface area (Å²) in [5.74, 6) is -0.883. The van der Waals surface area contributed by atoms with Crippen molar-refractivity contribution < 1.29 is 19.1 Å². The van der Waals surface area contributed by atoms with Crippen molar-refractivity contribution in [3.8, 4) is 0 Å². The fourth-order valence-corrected chi connectivity index (χ4v) is 1.90. The standard InChI is InChI=1S/C10H12N2O4S/c1-3-16-10(15)12-8(14)7-4-5-17-9(7)11-6(2)13/h4-5H,3H2,1-2H3,(H,11,13)(H,12,14,15). The van der Waals surface area contributed by atoms with Crippen LogP contribution in [0.15, 0.2) is 11.4 Å². The molecule has 0 spiro atoms. The molecule has 0 bridgehead atoms. The van der Waals surface area contributed by atoms with Gasteiger partial charge in [0.2, 0.25) is 5.91 Å². The minimum atomic E-state index is -0.808. The fraction of sp³-hybridized carbons (Fsp3) is 0.300. The number of hydrogen-bond acceptors (Lipinski definition) is 5. The van der Waals surface area contributed by atoms with Gasteiger partial charge < -0.3 is 10.1 Å². The van der Waals surface area contributed by atoms with E-state index in [1.54, 1.807) is 12.3 Å². The molecule has 1 aromatic heterocycles. The van der Waals surface area contributed by atoms with Gasteiger partial charge in [0.05, 0.1) is 12.2 Å². The van der Waals surface area contributed by atoms with E-state index in [9.17, 15) is 14.4 Å². The Morgan fingerprint density at radius 1 is 1.41 bits per heavy atom. The number of carbonyl (C=O) groups excluding carboxylic acids is 3. The first kappa shape index (κ1) is 13.2. The third-order valence-corrected chi connectivity index (χ3v) is 2.52. The number of imide groups is 1. The van der Waals surface area contributed by atoms with E-state index in [1.807, 2.05) is 0 Å². The van der Waals surface area contributed by atoms with Gasteiger partial charge in [0.25, 0.3) is 5.91 Å². The first-order chi connectivity index (χ1) is 8.04. The Bertz CT molecular complexity index is 441. The van der Waals surface area contributed by atoms with Crippen molar-refractivity contribution in [3.63, 3.8) is 0 Å². The Hall–Kier alpha value is -1.89. The molecular weight excluding hydrogens is 244 g/mol. The predicted octanol–water partition coefficient (Wildman–Crippen LogP) is 1.59. The molecule has 0 aliphatic heterocycles. The molecule has 1 rings (SSSR count). The summed E-state index contributed by atoms with van der Waals surface area (Å²) in [7, 11) is 0. The molecule has 0 aliphatic rings. The van der Waals surface area contributed by atoms with Crippen LogP contribution in [0.4, 0.5) is 9.80 Å². The number of carbonyl (C=O) groups is 3. The lowest BCUT2D eigenvalue weighted by atomic mass is 10.3. The van der Waals surface area contributed by atoms with Crippen LogP contribution in [0.3, 0.4) is 0 Å². The SMILES string of the molecule is CCOC(=O)NC(=O)c1ccsc1NC(C)=O. The van der Waals surface area contributed by atoms with Crippen molar-refractivity contribution in [1.29, 1.82) is 0 Å². The molecule has 0 aliphatic carbocycles. The first-order valence-electron chi connectivity index (χ1n) is 4.87. The zero-order valence-corrected chi connectivity index (χ0v) is 10.2. The summed E-state index contributed by atoms with van der Waals surface area (Å²) in [5.41, 5.74) is 0.234. The average molecular weight is 256 g/mol. The summed E-state index contributed by atoms with van der Waals surface area (Å²) in [6, 6.07) is 1.52. The highest BCUT2D eigenvalue weighted by molar-refractivity contribution is 7.14. The first-order valence-corrected chi connectivity index (χ1v) is 5.75. The van der Waals surface area contributed by atoms with Crippen LogP contribution < -0.4 is 10.6 Å². The van der Waals surface area contributed by atoms with Crippen LogP contribution >= 0.6 is 11.3 Å². The predicted molar refractivity (Wildman–Crippen MR) is 63.1 cm³/mol. The average Bonchev–Trinajstić information content (AvgIpc) is 2.65. The normalized spacial score (nSPS) is 9.53. The molecule has 0 fully saturated rings. The molecular formula is C10H12N2O4S. The molecule has 92 valence electrons. The van der Waals surface area contributed by atoms with Crippen molar-refractivity contribution in [2.75, 3.05) is 11.9 Å². The summed E-state index contributed by atoms with van der Waals surface area (Å²) >= 11 is 1.20. The number of amides is 3.